The van der Waals surface area contributed by atoms with E-state index in [-0.39, 0.29) is 5.92 Å². The number of carbonyl (C=O) groups excluding carboxylic acids is 1. The molecular weight excluding hydrogens is 272 g/mol. The molecule has 0 saturated heterocycles. The van der Waals surface area contributed by atoms with Gasteiger partial charge in [-0.25, -0.2) is 0 Å². The molecule has 0 saturated carbocycles. The monoisotopic (exact) mass is 286 g/mol. The van der Waals surface area contributed by atoms with E-state index in [1.165, 1.54) is 11.1 Å². The summed E-state index contributed by atoms with van der Waals surface area (Å²) in [5.74, 6) is -0.180. The number of aromatic nitrogens is 1. The Labute approximate surface area is 122 Å². The number of amides is 1. The van der Waals surface area contributed by atoms with Gasteiger partial charge in [-0.2, -0.15) is 0 Å². The van der Waals surface area contributed by atoms with Crippen LogP contribution in [0.1, 0.15) is 45.2 Å². The van der Waals surface area contributed by atoms with E-state index in [0.29, 0.717) is 11.3 Å². The van der Waals surface area contributed by atoms with Gasteiger partial charge in [0.05, 0.1) is 11.3 Å². The highest BCUT2D eigenvalue weighted by atomic mass is 35.5. The minimum atomic E-state index is -0.434. The largest absolute Gasteiger partial charge is 0.366 e. The Morgan fingerprint density at radius 2 is 2.15 bits per heavy atom. The SMILES string of the molecule is Cc1nc([C@@H]2CCc3ccc(Cl)cc32)ccc1C(N)=O. The second-order valence-corrected chi connectivity index (χ2v) is 5.60. The molecule has 0 bridgehead atoms. The lowest BCUT2D eigenvalue weighted by Gasteiger charge is -2.13. The van der Waals surface area contributed by atoms with Crippen LogP contribution in [0.5, 0.6) is 0 Å². The fourth-order valence-electron chi connectivity index (χ4n) is 2.92. The highest BCUT2D eigenvalue weighted by molar-refractivity contribution is 6.30. The molecule has 0 fully saturated rings. The summed E-state index contributed by atoms with van der Waals surface area (Å²) < 4.78 is 0. The van der Waals surface area contributed by atoms with Gasteiger partial charge in [-0.15, -0.1) is 0 Å². The number of primary amides is 1. The second kappa shape index (κ2) is 4.91. The molecule has 2 aromatic rings. The van der Waals surface area contributed by atoms with Crippen LogP contribution >= 0.6 is 11.6 Å². The Hall–Kier alpha value is -1.87. The Morgan fingerprint density at radius 1 is 1.35 bits per heavy atom. The number of hydrogen-bond donors (Lipinski definition) is 1. The Kier molecular flexibility index (Phi) is 3.22. The lowest BCUT2D eigenvalue weighted by Crippen LogP contribution is -2.14. The van der Waals surface area contributed by atoms with E-state index in [1.807, 2.05) is 25.1 Å². The number of nitrogens with two attached hydrogens (primary N) is 1. The van der Waals surface area contributed by atoms with Crippen molar-refractivity contribution < 1.29 is 4.79 Å². The molecule has 1 heterocycles. The maximum atomic E-state index is 11.3. The van der Waals surface area contributed by atoms with E-state index in [4.69, 9.17) is 17.3 Å². The van der Waals surface area contributed by atoms with Crippen LogP contribution in [0.2, 0.25) is 5.02 Å². The zero-order chi connectivity index (χ0) is 14.3. The average Bonchev–Trinajstić information content (AvgIpc) is 2.81. The molecule has 3 nitrogen and oxygen atoms in total. The molecule has 1 aromatic carbocycles. The quantitative estimate of drug-likeness (QED) is 0.921. The van der Waals surface area contributed by atoms with Gasteiger partial charge in [0.1, 0.15) is 0 Å². The average molecular weight is 287 g/mol. The van der Waals surface area contributed by atoms with Crippen LogP contribution in [0.4, 0.5) is 0 Å². The number of aryl methyl sites for hydroxylation is 2. The van der Waals surface area contributed by atoms with Crippen molar-refractivity contribution in [2.45, 2.75) is 25.7 Å². The van der Waals surface area contributed by atoms with Crippen LogP contribution in [0.15, 0.2) is 30.3 Å². The van der Waals surface area contributed by atoms with E-state index in [9.17, 15) is 4.79 Å². The summed E-state index contributed by atoms with van der Waals surface area (Å²) in [6, 6.07) is 9.70. The molecule has 3 rings (SSSR count). The second-order valence-electron chi connectivity index (χ2n) is 5.17. The molecule has 1 amide bonds. The van der Waals surface area contributed by atoms with Crippen molar-refractivity contribution in [1.82, 2.24) is 4.98 Å². The number of pyridine rings is 1. The number of nitrogens with zero attached hydrogens (tertiary/aromatic N) is 1. The van der Waals surface area contributed by atoms with Gasteiger partial charge in [0.2, 0.25) is 0 Å². The predicted molar refractivity (Wildman–Crippen MR) is 79.1 cm³/mol. The fourth-order valence-corrected chi connectivity index (χ4v) is 3.10. The van der Waals surface area contributed by atoms with E-state index in [2.05, 4.69) is 11.1 Å². The number of fused-ring (bicyclic) bond motifs is 1. The van der Waals surface area contributed by atoms with Gasteiger partial charge >= 0.3 is 0 Å². The van der Waals surface area contributed by atoms with Gasteiger partial charge in [0.15, 0.2) is 0 Å². The van der Waals surface area contributed by atoms with Crippen LogP contribution in [-0.2, 0) is 6.42 Å². The number of benzene rings is 1. The molecule has 1 aromatic heterocycles. The van der Waals surface area contributed by atoms with Crippen LogP contribution in [0.25, 0.3) is 0 Å². The van der Waals surface area contributed by atoms with Crippen LogP contribution in [0, 0.1) is 6.92 Å². The highest BCUT2D eigenvalue weighted by Gasteiger charge is 2.25. The Balaban J connectivity index is 2.02. The van der Waals surface area contributed by atoms with Gasteiger partial charge in [-0.05, 0) is 55.2 Å². The van der Waals surface area contributed by atoms with E-state index >= 15 is 0 Å². The van der Waals surface area contributed by atoms with E-state index in [0.717, 1.165) is 23.6 Å². The molecule has 2 N–H and O–H groups in total. The minimum absolute atomic E-state index is 0.254. The lowest BCUT2D eigenvalue weighted by atomic mass is 9.96. The molecule has 1 aliphatic carbocycles. The first kappa shape index (κ1) is 13.1. The summed E-state index contributed by atoms with van der Waals surface area (Å²) in [5.41, 5.74) is 10.0. The van der Waals surface area contributed by atoms with Crippen LogP contribution < -0.4 is 5.73 Å². The molecule has 1 aliphatic rings. The molecule has 4 heteroatoms. The van der Waals surface area contributed by atoms with Crippen molar-refractivity contribution in [1.29, 1.82) is 0 Å². The maximum absolute atomic E-state index is 11.3. The zero-order valence-corrected chi connectivity index (χ0v) is 11.9. The smallest absolute Gasteiger partial charge is 0.250 e. The maximum Gasteiger partial charge on any atom is 0.250 e. The number of rotatable bonds is 2. The first-order valence-electron chi connectivity index (χ1n) is 6.62. The first-order valence-corrected chi connectivity index (χ1v) is 6.99. The summed E-state index contributed by atoms with van der Waals surface area (Å²) in [6.07, 6.45) is 2.06. The van der Waals surface area contributed by atoms with Crippen molar-refractivity contribution in [3.63, 3.8) is 0 Å². The van der Waals surface area contributed by atoms with Gasteiger partial charge in [-0.3, -0.25) is 9.78 Å². The minimum Gasteiger partial charge on any atom is -0.366 e. The molecule has 20 heavy (non-hydrogen) atoms. The summed E-state index contributed by atoms with van der Waals surface area (Å²) in [6.45, 7) is 1.82. The number of halogens is 1. The first-order chi connectivity index (χ1) is 9.56. The predicted octanol–water partition coefficient (Wildman–Crippen LogP) is 3.22. The van der Waals surface area contributed by atoms with E-state index < -0.39 is 5.91 Å². The standard InChI is InChI=1S/C16H15ClN2O/c1-9-12(16(18)20)6-7-15(19-9)13-5-3-10-2-4-11(17)8-14(10)13/h2,4,6-8,13H,3,5H2,1H3,(H2,18,20)/t13-/m1/s1. The molecular formula is C16H15ClN2O. The molecule has 0 aliphatic heterocycles. The van der Waals surface area contributed by atoms with Crippen molar-refractivity contribution in [2.24, 2.45) is 5.73 Å². The zero-order valence-electron chi connectivity index (χ0n) is 11.2. The third-order valence-electron chi connectivity index (χ3n) is 3.92. The lowest BCUT2D eigenvalue weighted by molar-refractivity contribution is 0.0999. The van der Waals surface area contributed by atoms with Crippen LogP contribution in [0.3, 0.4) is 0 Å². The number of carbonyl (C=O) groups is 1. The van der Waals surface area contributed by atoms with Gasteiger partial charge in [-0.1, -0.05) is 17.7 Å². The van der Waals surface area contributed by atoms with Crippen molar-refractivity contribution >= 4 is 17.5 Å². The van der Waals surface area contributed by atoms with E-state index in [1.54, 1.807) is 6.07 Å². The third kappa shape index (κ3) is 2.18. The van der Waals surface area contributed by atoms with Gasteiger partial charge < -0.3 is 5.73 Å². The fraction of sp³-hybridized carbons (Fsp3) is 0.250. The van der Waals surface area contributed by atoms with Crippen molar-refractivity contribution in [2.75, 3.05) is 0 Å². The molecule has 0 unspecified atom stereocenters. The Morgan fingerprint density at radius 3 is 2.85 bits per heavy atom. The molecule has 102 valence electrons. The molecule has 1 atom stereocenters. The molecule has 0 radical (unpaired) electrons. The summed E-state index contributed by atoms with van der Waals surface area (Å²) in [7, 11) is 0. The summed E-state index contributed by atoms with van der Waals surface area (Å²) in [5, 5.41) is 0.751. The Bertz CT molecular complexity index is 697. The summed E-state index contributed by atoms with van der Waals surface area (Å²) >= 11 is 6.09. The van der Waals surface area contributed by atoms with Gasteiger partial charge in [0.25, 0.3) is 5.91 Å². The topological polar surface area (TPSA) is 56.0 Å². The highest BCUT2D eigenvalue weighted by Crippen LogP contribution is 2.38. The van der Waals surface area contributed by atoms with Crippen LogP contribution in [-0.4, -0.2) is 10.9 Å². The number of hydrogen-bond acceptors (Lipinski definition) is 2. The molecule has 0 spiro atoms. The van der Waals surface area contributed by atoms with Gasteiger partial charge in [0, 0.05) is 16.6 Å². The summed E-state index contributed by atoms with van der Waals surface area (Å²) in [4.78, 5) is 15.8. The normalized spacial score (nSPS) is 17.0. The van der Waals surface area contributed by atoms with Crippen molar-refractivity contribution in [3.8, 4) is 0 Å². The third-order valence-corrected chi connectivity index (χ3v) is 4.15. The van der Waals surface area contributed by atoms with Crippen molar-refractivity contribution in [3.05, 3.63) is 63.4 Å².